The third-order valence-corrected chi connectivity index (χ3v) is 3.34. The molecule has 3 rings (SSSR count). The Hall–Kier alpha value is -2.49. The molecule has 1 aliphatic rings. The molecular formula is C17H18N2O2. The van der Waals surface area contributed by atoms with Crippen LogP contribution in [0.2, 0.25) is 0 Å². The minimum absolute atomic E-state index is 0.0753. The second-order valence-corrected chi connectivity index (χ2v) is 5.30. The smallest absolute Gasteiger partial charge is 0.255 e. The summed E-state index contributed by atoms with van der Waals surface area (Å²) < 4.78 is 5.83. The van der Waals surface area contributed by atoms with Crippen LogP contribution >= 0.6 is 0 Å². The molecule has 4 nitrogen and oxygen atoms in total. The van der Waals surface area contributed by atoms with Gasteiger partial charge in [0.05, 0.1) is 11.7 Å². The molecule has 0 aromatic heterocycles. The highest BCUT2D eigenvalue weighted by Crippen LogP contribution is 2.31. The van der Waals surface area contributed by atoms with Gasteiger partial charge in [-0.05, 0) is 32.0 Å². The molecule has 0 fully saturated rings. The van der Waals surface area contributed by atoms with E-state index in [9.17, 15) is 4.79 Å². The average molecular weight is 282 g/mol. The predicted octanol–water partition coefficient (Wildman–Crippen LogP) is 3.33. The summed E-state index contributed by atoms with van der Waals surface area (Å²) in [6.07, 6.45) is -0.208. The van der Waals surface area contributed by atoms with Crippen molar-refractivity contribution < 1.29 is 9.53 Å². The molecule has 0 saturated carbocycles. The van der Waals surface area contributed by atoms with Crippen molar-refractivity contribution in [3.05, 3.63) is 59.7 Å². The minimum atomic E-state index is -0.289. The number of ether oxygens (including phenoxy) is 1. The van der Waals surface area contributed by atoms with Crippen LogP contribution in [0.15, 0.2) is 48.5 Å². The molecule has 2 aromatic rings. The van der Waals surface area contributed by atoms with Crippen LogP contribution in [0.25, 0.3) is 0 Å². The molecule has 0 spiro atoms. The van der Waals surface area contributed by atoms with E-state index in [0.717, 1.165) is 17.0 Å². The second-order valence-electron chi connectivity index (χ2n) is 5.30. The van der Waals surface area contributed by atoms with Crippen molar-refractivity contribution in [2.75, 3.05) is 5.32 Å². The van der Waals surface area contributed by atoms with Gasteiger partial charge in [0.25, 0.3) is 5.91 Å². The van der Waals surface area contributed by atoms with E-state index in [1.807, 2.05) is 62.4 Å². The Balaban J connectivity index is 1.94. The first-order valence-electron chi connectivity index (χ1n) is 7.07. The largest absolute Gasteiger partial charge is 0.491 e. The third-order valence-electron chi connectivity index (χ3n) is 3.34. The maximum Gasteiger partial charge on any atom is 0.255 e. The van der Waals surface area contributed by atoms with E-state index in [0.29, 0.717) is 5.56 Å². The zero-order chi connectivity index (χ0) is 14.8. The van der Waals surface area contributed by atoms with Gasteiger partial charge in [-0.1, -0.05) is 30.3 Å². The van der Waals surface area contributed by atoms with Gasteiger partial charge in [0, 0.05) is 11.3 Å². The Morgan fingerprint density at radius 3 is 2.52 bits per heavy atom. The first kappa shape index (κ1) is 13.5. The van der Waals surface area contributed by atoms with Crippen LogP contribution in [0.1, 0.15) is 35.9 Å². The van der Waals surface area contributed by atoms with Crippen molar-refractivity contribution in [2.45, 2.75) is 26.1 Å². The van der Waals surface area contributed by atoms with Crippen LogP contribution < -0.4 is 15.4 Å². The van der Waals surface area contributed by atoms with Gasteiger partial charge in [0.2, 0.25) is 0 Å². The molecule has 1 heterocycles. The number of nitrogens with one attached hydrogen (secondary N) is 2. The summed E-state index contributed by atoms with van der Waals surface area (Å²) in [6, 6.07) is 15.2. The molecule has 1 unspecified atom stereocenters. The summed E-state index contributed by atoms with van der Waals surface area (Å²) in [7, 11) is 0. The van der Waals surface area contributed by atoms with E-state index in [4.69, 9.17) is 4.74 Å². The standard InChI is InChI=1S/C17H18N2O2/c1-11(2)21-15-10-6-4-8-13(15)16-18-14-9-5-3-7-12(14)17(20)19-16/h3-11,16,18H,1-2H3,(H,19,20). The summed E-state index contributed by atoms with van der Waals surface area (Å²) in [5, 5.41) is 6.32. The number of carbonyl (C=O) groups excluding carboxylic acids is 1. The molecular weight excluding hydrogens is 264 g/mol. The molecule has 0 bridgehead atoms. The quantitative estimate of drug-likeness (QED) is 0.908. The Morgan fingerprint density at radius 2 is 1.71 bits per heavy atom. The lowest BCUT2D eigenvalue weighted by molar-refractivity contribution is 0.0935. The summed E-state index contributed by atoms with van der Waals surface area (Å²) in [5.74, 6) is 0.707. The van der Waals surface area contributed by atoms with Gasteiger partial charge in [-0.2, -0.15) is 0 Å². The molecule has 4 heteroatoms. The highest BCUT2D eigenvalue weighted by Gasteiger charge is 2.26. The van der Waals surface area contributed by atoms with Crippen molar-refractivity contribution >= 4 is 11.6 Å². The number of benzene rings is 2. The number of hydrogen-bond acceptors (Lipinski definition) is 3. The number of amides is 1. The second kappa shape index (κ2) is 5.48. The highest BCUT2D eigenvalue weighted by molar-refractivity contribution is 6.01. The summed E-state index contributed by atoms with van der Waals surface area (Å²) >= 11 is 0. The first-order chi connectivity index (χ1) is 10.1. The Kier molecular flexibility index (Phi) is 3.52. The van der Waals surface area contributed by atoms with Gasteiger partial charge in [0.1, 0.15) is 11.9 Å². The molecule has 1 amide bonds. The van der Waals surface area contributed by atoms with Gasteiger partial charge in [-0.15, -0.1) is 0 Å². The van der Waals surface area contributed by atoms with E-state index < -0.39 is 0 Å². The lowest BCUT2D eigenvalue weighted by Gasteiger charge is -2.29. The van der Waals surface area contributed by atoms with Crippen molar-refractivity contribution in [2.24, 2.45) is 0 Å². The van der Waals surface area contributed by atoms with Gasteiger partial charge in [0.15, 0.2) is 0 Å². The average Bonchev–Trinajstić information content (AvgIpc) is 2.47. The van der Waals surface area contributed by atoms with Crippen LogP contribution in [0.3, 0.4) is 0 Å². The maximum atomic E-state index is 12.2. The van der Waals surface area contributed by atoms with Crippen molar-refractivity contribution in [1.29, 1.82) is 0 Å². The third kappa shape index (κ3) is 2.70. The fraction of sp³-hybridized carbons (Fsp3) is 0.235. The number of carbonyl (C=O) groups is 1. The summed E-state index contributed by atoms with van der Waals surface area (Å²) in [5.41, 5.74) is 2.43. The van der Waals surface area contributed by atoms with Crippen LogP contribution in [-0.2, 0) is 0 Å². The fourth-order valence-corrected chi connectivity index (χ4v) is 2.44. The number of para-hydroxylation sites is 2. The number of rotatable bonds is 3. The zero-order valence-electron chi connectivity index (χ0n) is 12.1. The van der Waals surface area contributed by atoms with E-state index >= 15 is 0 Å². The molecule has 0 radical (unpaired) electrons. The van der Waals surface area contributed by atoms with Crippen LogP contribution in [0.4, 0.5) is 5.69 Å². The van der Waals surface area contributed by atoms with Gasteiger partial charge in [-0.3, -0.25) is 4.79 Å². The number of anilines is 1. The molecule has 2 N–H and O–H groups in total. The molecule has 1 aliphatic heterocycles. The molecule has 0 saturated heterocycles. The zero-order valence-corrected chi connectivity index (χ0v) is 12.1. The van der Waals surface area contributed by atoms with Crippen LogP contribution in [-0.4, -0.2) is 12.0 Å². The monoisotopic (exact) mass is 282 g/mol. The SMILES string of the molecule is CC(C)Oc1ccccc1C1NC(=O)c2ccccc2N1. The van der Waals surface area contributed by atoms with Crippen molar-refractivity contribution in [3.63, 3.8) is 0 Å². The lowest BCUT2D eigenvalue weighted by Crippen LogP contribution is -2.38. The Bertz CT molecular complexity index is 667. The minimum Gasteiger partial charge on any atom is -0.491 e. The van der Waals surface area contributed by atoms with E-state index in [1.165, 1.54) is 0 Å². The molecule has 21 heavy (non-hydrogen) atoms. The number of hydrogen-bond donors (Lipinski definition) is 2. The van der Waals surface area contributed by atoms with E-state index in [1.54, 1.807) is 0 Å². The summed E-state index contributed by atoms with van der Waals surface area (Å²) in [4.78, 5) is 12.2. The molecule has 0 aliphatic carbocycles. The normalized spacial score (nSPS) is 16.9. The maximum absolute atomic E-state index is 12.2. The van der Waals surface area contributed by atoms with Crippen molar-refractivity contribution in [3.8, 4) is 5.75 Å². The molecule has 1 atom stereocenters. The highest BCUT2D eigenvalue weighted by atomic mass is 16.5. The van der Waals surface area contributed by atoms with Crippen LogP contribution in [0, 0.1) is 0 Å². The lowest BCUT2D eigenvalue weighted by atomic mass is 10.1. The molecule has 2 aromatic carbocycles. The first-order valence-corrected chi connectivity index (χ1v) is 7.07. The summed E-state index contributed by atoms with van der Waals surface area (Å²) in [6.45, 7) is 3.97. The Labute approximate surface area is 124 Å². The van der Waals surface area contributed by atoms with E-state index in [-0.39, 0.29) is 18.2 Å². The van der Waals surface area contributed by atoms with Gasteiger partial charge >= 0.3 is 0 Å². The molecule has 108 valence electrons. The Morgan fingerprint density at radius 1 is 1.00 bits per heavy atom. The van der Waals surface area contributed by atoms with Crippen LogP contribution in [0.5, 0.6) is 5.75 Å². The van der Waals surface area contributed by atoms with Gasteiger partial charge in [-0.25, -0.2) is 0 Å². The van der Waals surface area contributed by atoms with E-state index in [2.05, 4.69) is 10.6 Å². The topological polar surface area (TPSA) is 50.4 Å². The predicted molar refractivity (Wildman–Crippen MR) is 82.5 cm³/mol. The van der Waals surface area contributed by atoms with Crippen molar-refractivity contribution in [1.82, 2.24) is 5.32 Å². The number of fused-ring (bicyclic) bond motifs is 1. The fourth-order valence-electron chi connectivity index (χ4n) is 2.44. The van der Waals surface area contributed by atoms with Gasteiger partial charge < -0.3 is 15.4 Å².